The summed E-state index contributed by atoms with van der Waals surface area (Å²) in [4.78, 5) is 29.7. The molecular formula is C30H32N2O5. The Hall–Kier alpha value is -3.58. The number of fused-ring (bicyclic) bond motifs is 1. The van der Waals surface area contributed by atoms with Gasteiger partial charge in [0.25, 0.3) is 5.91 Å². The number of morpholine rings is 1. The zero-order chi connectivity index (χ0) is 25.4. The lowest BCUT2D eigenvalue weighted by Crippen LogP contribution is -2.41. The molecule has 0 spiro atoms. The van der Waals surface area contributed by atoms with Crippen LogP contribution in [-0.2, 0) is 22.6 Å². The number of furan rings is 1. The SMILES string of the molecule is Cc1cccc(C2c3cc(OCc4ccc(C(=O)N5CCOCC5)o4)ccc3CCN2C(=O)C2CC2)c1. The van der Waals surface area contributed by atoms with E-state index in [9.17, 15) is 9.59 Å². The first-order valence-electron chi connectivity index (χ1n) is 13.2. The molecule has 3 aliphatic rings. The Morgan fingerprint density at radius 3 is 2.62 bits per heavy atom. The second-order valence-electron chi connectivity index (χ2n) is 10.2. The molecule has 7 heteroatoms. The summed E-state index contributed by atoms with van der Waals surface area (Å²) in [5.41, 5.74) is 4.67. The minimum atomic E-state index is -0.123. The van der Waals surface area contributed by atoms with Crippen molar-refractivity contribution in [3.05, 3.63) is 88.4 Å². The van der Waals surface area contributed by atoms with Crippen LogP contribution in [-0.4, -0.2) is 54.5 Å². The molecule has 1 aromatic heterocycles. The first-order chi connectivity index (χ1) is 18.1. The Labute approximate surface area is 217 Å². The quantitative estimate of drug-likeness (QED) is 0.498. The number of carbonyl (C=O) groups is 2. The van der Waals surface area contributed by atoms with Crippen molar-refractivity contribution in [2.45, 2.75) is 38.8 Å². The van der Waals surface area contributed by atoms with Crippen LogP contribution in [0.2, 0.25) is 0 Å². The van der Waals surface area contributed by atoms with Gasteiger partial charge < -0.3 is 23.7 Å². The Balaban J connectivity index is 1.22. The summed E-state index contributed by atoms with van der Waals surface area (Å²) in [5, 5.41) is 0. The number of nitrogens with zero attached hydrogens (tertiary/aromatic N) is 2. The molecule has 2 aliphatic heterocycles. The molecule has 1 aliphatic carbocycles. The van der Waals surface area contributed by atoms with Gasteiger partial charge in [-0.2, -0.15) is 0 Å². The van der Waals surface area contributed by atoms with Crippen LogP contribution < -0.4 is 4.74 Å². The van der Waals surface area contributed by atoms with E-state index >= 15 is 0 Å². The molecule has 6 rings (SSSR count). The molecule has 0 N–H and O–H groups in total. The Bertz CT molecular complexity index is 1300. The third kappa shape index (κ3) is 5.01. The first-order valence-corrected chi connectivity index (χ1v) is 13.2. The molecule has 1 unspecified atom stereocenters. The van der Waals surface area contributed by atoms with Crippen molar-refractivity contribution >= 4 is 11.8 Å². The van der Waals surface area contributed by atoms with Gasteiger partial charge in [0, 0.05) is 25.6 Å². The molecule has 1 saturated carbocycles. The summed E-state index contributed by atoms with van der Waals surface area (Å²) in [5.74, 6) is 1.94. The van der Waals surface area contributed by atoms with Crippen LogP contribution in [0, 0.1) is 12.8 Å². The molecule has 0 bridgehead atoms. The topological polar surface area (TPSA) is 72.2 Å². The van der Waals surface area contributed by atoms with E-state index in [1.54, 1.807) is 17.0 Å². The average molecular weight is 501 g/mol. The van der Waals surface area contributed by atoms with Crippen molar-refractivity contribution in [2.24, 2.45) is 5.92 Å². The molecule has 2 fully saturated rings. The van der Waals surface area contributed by atoms with Crippen LogP contribution in [0.4, 0.5) is 0 Å². The average Bonchev–Trinajstić information content (AvgIpc) is 3.68. The molecule has 3 aromatic rings. The van der Waals surface area contributed by atoms with Crippen LogP contribution in [0.3, 0.4) is 0 Å². The Kier molecular flexibility index (Phi) is 6.47. The van der Waals surface area contributed by atoms with Gasteiger partial charge in [0.05, 0.1) is 19.3 Å². The van der Waals surface area contributed by atoms with E-state index < -0.39 is 0 Å². The number of amides is 2. The molecule has 3 heterocycles. The third-order valence-electron chi connectivity index (χ3n) is 7.47. The molecule has 37 heavy (non-hydrogen) atoms. The Morgan fingerprint density at radius 1 is 1.00 bits per heavy atom. The number of ether oxygens (including phenoxy) is 2. The van der Waals surface area contributed by atoms with Gasteiger partial charge in [0.1, 0.15) is 18.1 Å². The van der Waals surface area contributed by atoms with Gasteiger partial charge in [-0.05, 0) is 67.1 Å². The molecule has 192 valence electrons. The fourth-order valence-corrected chi connectivity index (χ4v) is 5.33. The predicted molar refractivity (Wildman–Crippen MR) is 137 cm³/mol. The molecule has 2 aromatic carbocycles. The fourth-order valence-electron chi connectivity index (χ4n) is 5.33. The van der Waals surface area contributed by atoms with E-state index in [0.29, 0.717) is 37.8 Å². The monoisotopic (exact) mass is 500 g/mol. The van der Waals surface area contributed by atoms with Gasteiger partial charge >= 0.3 is 0 Å². The highest BCUT2D eigenvalue weighted by Gasteiger charge is 2.39. The second-order valence-corrected chi connectivity index (χ2v) is 10.2. The van der Waals surface area contributed by atoms with Crippen LogP contribution in [0.1, 0.15) is 57.5 Å². The predicted octanol–water partition coefficient (Wildman–Crippen LogP) is 4.52. The summed E-state index contributed by atoms with van der Waals surface area (Å²) in [6.45, 7) is 5.28. The summed E-state index contributed by atoms with van der Waals surface area (Å²) >= 11 is 0. The lowest BCUT2D eigenvalue weighted by atomic mass is 9.87. The summed E-state index contributed by atoms with van der Waals surface area (Å²) in [6.07, 6.45) is 2.82. The van der Waals surface area contributed by atoms with Crippen LogP contribution >= 0.6 is 0 Å². The number of aryl methyl sites for hydroxylation is 1. The standard InChI is InChI=1S/C30H32N2O5/c1-20-3-2-4-23(17-20)28-26-18-24(8-7-21(26)11-12-32(28)29(33)22-5-6-22)36-19-25-9-10-27(37-25)30(34)31-13-15-35-16-14-31/h2-4,7-10,17-18,22,28H,5-6,11-16,19H2,1H3. The van der Waals surface area contributed by atoms with Crippen molar-refractivity contribution in [3.8, 4) is 5.75 Å². The van der Waals surface area contributed by atoms with Crippen LogP contribution in [0.25, 0.3) is 0 Å². The molecule has 2 amide bonds. The Morgan fingerprint density at radius 2 is 1.84 bits per heavy atom. The maximum atomic E-state index is 13.3. The highest BCUT2D eigenvalue weighted by Crippen LogP contribution is 2.41. The fraction of sp³-hybridized carbons (Fsp3) is 0.400. The molecule has 0 radical (unpaired) electrons. The minimum absolute atomic E-state index is 0.121. The van der Waals surface area contributed by atoms with Crippen molar-refractivity contribution in [2.75, 3.05) is 32.8 Å². The number of hydrogen-bond acceptors (Lipinski definition) is 5. The van der Waals surface area contributed by atoms with E-state index in [0.717, 1.165) is 42.7 Å². The molecule has 1 atom stereocenters. The van der Waals surface area contributed by atoms with E-state index in [-0.39, 0.29) is 30.4 Å². The zero-order valence-electron chi connectivity index (χ0n) is 21.2. The van der Waals surface area contributed by atoms with Crippen molar-refractivity contribution < 1.29 is 23.5 Å². The van der Waals surface area contributed by atoms with E-state index in [1.165, 1.54) is 11.1 Å². The normalized spacial score (nSPS) is 19.4. The summed E-state index contributed by atoms with van der Waals surface area (Å²) in [7, 11) is 0. The highest BCUT2D eigenvalue weighted by molar-refractivity contribution is 5.91. The van der Waals surface area contributed by atoms with Crippen LogP contribution in [0.5, 0.6) is 5.75 Å². The van der Waals surface area contributed by atoms with Gasteiger partial charge in [0.2, 0.25) is 5.91 Å². The van der Waals surface area contributed by atoms with Crippen LogP contribution in [0.15, 0.2) is 59.0 Å². The number of hydrogen-bond donors (Lipinski definition) is 0. The molecular weight excluding hydrogens is 468 g/mol. The van der Waals surface area contributed by atoms with Gasteiger partial charge in [-0.25, -0.2) is 0 Å². The maximum Gasteiger partial charge on any atom is 0.289 e. The lowest BCUT2D eigenvalue weighted by molar-refractivity contribution is -0.134. The van der Waals surface area contributed by atoms with Gasteiger partial charge in [-0.3, -0.25) is 9.59 Å². The lowest BCUT2D eigenvalue weighted by Gasteiger charge is -2.38. The zero-order valence-corrected chi connectivity index (χ0v) is 21.2. The van der Waals surface area contributed by atoms with Gasteiger partial charge in [-0.1, -0.05) is 35.9 Å². The second kappa shape index (κ2) is 10.1. The number of benzene rings is 2. The minimum Gasteiger partial charge on any atom is -0.486 e. The third-order valence-corrected chi connectivity index (χ3v) is 7.47. The van der Waals surface area contributed by atoms with E-state index in [2.05, 4.69) is 48.2 Å². The number of carbonyl (C=O) groups excluding carboxylic acids is 2. The van der Waals surface area contributed by atoms with Gasteiger partial charge in [0.15, 0.2) is 5.76 Å². The largest absolute Gasteiger partial charge is 0.486 e. The molecule has 7 nitrogen and oxygen atoms in total. The first kappa shape index (κ1) is 23.8. The van der Waals surface area contributed by atoms with Crippen molar-refractivity contribution in [1.29, 1.82) is 0 Å². The van der Waals surface area contributed by atoms with E-state index in [4.69, 9.17) is 13.9 Å². The highest BCUT2D eigenvalue weighted by atomic mass is 16.5. The van der Waals surface area contributed by atoms with Crippen molar-refractivity contribution in [3.63, 3.8) is 0 Å². The van der Waals surface area contributed by atoms with E-state index in [1.807, 2.05) is 6.07 Å². The molecule has 1 saturated heterocycles. The summed E-state index contributed by atoms with van der Waals surface area (Å²) < 4.78 is 17.3. The maximum absolute atomic E-state index is 13.3. The number of rotatable bonds is 6. The van der Waals surface area contributed by atoms with Gasteiger partial charge in [-0.15, -0.1) is 0 Å². The smallest absolute Gasteiger partial charge is 0.289 e. The van der Waals surface area contributed by atoms with Crippen molar-refractivity contribution in [1.82, 2.24) is 9.80 Å². The summed E-state index contributed by atoms with van der Waals surface area (Å²) in [6, 6.07) is 18.0.